The molecule has 0 atom stereocenters. The van der Waals surface area contributed by atoms with Gasteiger partial charge in [0.15, 0.2) is 0 Å². The number of nitrogens with one attached hydrogen (secondary N) is 3. The Morgan fingerprint density at radius 3 is 2.42 bits per heavy atom. The van der Waals surface area contributed by atoms with Crippen molar-refractivity contribution < 1.29 is 19.1 Å². The number of carbonyl (C=O) groups is 3. The molecule has 0 saturated carbocycles. The van der Waals surface area contributed by atoms with Gasteiger partial charge in [-0.3, -0.25) is 14.9 Å². The van der Waals surface area contributed by atoms with Gasteiger partial charge in [-0.25, -0.2) is 4.79 Å². The Bertz CT molecular complexity index is 606. The van der Waals surface area contributed by atoms with Gasteiger partial charge in [-0.15, -0.1) is 0 Å². The van der Waals surface area contributed by atoms with Crippen LogP contribution in [0.15, 0.2) is 24.3 Å². The van der Waals surface area contributed by atoms with Crippen molar-refractivity contribution in [1.82, 2.24) is 10.6 Å². The zero-order chi connectivity index (χ0) is 18.3. The first kappa shape index (κ1) is 19.5. The fraction of sp³-hybridized carbons (Fsp3) is 0.471. The van der Waals surface area contributed by atoms with Gasteiger partial charge in [0.05, 0.1) is 6.54 Å². The summed E-state index contributed by atoms with van der Waals surface area (Å²) in [6, 6.07) is 6.40. The predicted octanol–water partition coefficient (Wildman–Crippen LogP) is 2.29. The van der Waals surface area contributed by atoms with Gasteiger partial charge in [-0.05, 0) is 52.8 Å². The molecule has 0 bridgehead atoms. The summed E-state index contributed by atoms with van der Waals surface area (Å²) in [7, 11) is 0. The first-order valence-corrected chi connectivity index (χ1v) is 7.74. The third-order valence-corrected chi connectivity index (χ3v) is 2.63. The molecule has 0 aromatic heterocycles. The van der Waals surface area contributed by atoms with Crippen LogP contribution in [-0.4, -0.2) is 36.1 Å². The maximum Gasteiger partial charge on any atom is 0.412 e. The largest absolute Gasteiger partial charge is 0.444 e. The zero-order valence-corrected chi connectivity index (χ0v) is 14.7. The average molecular weight is 335 g/mol. The summed E-state index contributed by atoms with van der Waals surface area (Å²) in [6.45, 7) is 8.85. The molecular formula is C17H25N3O4. The smallest absolute Gasteiger partial charge is 0.412 e. The summed E-state index contributed by atoms with van der Waals surface area (Å²) in [4.78, 5) is 35.3. The van der Waals surface area contributed by atoms with E-state index in [4.69, 9.17) is 4.74 Å². The van der Waals surface area contributed by atoms with E-state index in [1.54, 1.807) is 39.0 Å². The third-order valence-electron chi connectivity index (χ3n) is 2.63. The van der Waals surface area contributed by atoms with Crippen LogP contribution in [0, 0.1) is 0 Å². The molecule has 132 valence electrons. The van der Waals surface area contributed by atoms with Crippen LogP contribution in [0.5, 0.6) is 0 Å². The van der Waals surface area contributed by atoms with Crippen molar-refractivity contribution in [1.29, 1.82) is 0 Å². The number of hydrogen-bond acceptors (Lipinski definition) is 4. The highest BCUT2D eigenvalue weighted by Crippen LogP contribution is 2.13. The maximum atomic E-state index is 12.1. The number of benzene rings is 1. The van der Waals surface area contributed by atoms with Crippen molar-refractivity contribution in [3.05, 3.63) is 29.8 Å². The Balaban J connectivity index is 2.62. The fourth-order valence-corrected chi connectivity index (χ4v) is 1.80. The number of amides is 3. The molecule has 1 aromatic rings. The quantitative estimate of drug-likeness (QED) is 0.769. The molecular weight excluding hydrogens is 310 g/mol. The van der Waals surface area contributed by atoms with E-state index >= 15 is 0 Å². The van der Waals surface area contributed by atoms with Gasteiger partial charge in [0.2, 0.25) is 5.91 Å². The van der Waals surface area contributed by atoms with Crippen LogP contribution in [0.2, 0.25) is 0 Å². The van der Waals surface area contributed by atoms with E-state index in [1.807, 2.05) is 13.8 Å². The molecule has 24 heavy (non-hydrogen) atoms. The van der Waals surface area contributed by atoms with Crippen LogP contribution in [0.25, 0.3) is 0 Å². The minimum atomic E-state index is -0.608. The molecule has 1 rings (SSSR count). The third kappa shape index (κ3) is 7.62. The van der Waals surface area contributed by atoms with Crippen molar-refractivity contribution >= 4 is 23.6 Å². The standard InChI is InChI=1S/C17H25N3O4/c1-11(2)19-14(21)10-18-15(22)12-7-6-8-13(9-12)20-16(23)24-17(3,4)5/h6-9,11H,10H2,1-5H3,(H,18,22)(H,19,21)(H,20,23). The van der Waals surface area contributed by atoms with E-state index in [9.17, 15) is 14.4 Å². The lowest BCUT2D eigenvalue weighted by Crippen LogP contribution is -2.39. The highest BCUT2D eigenvalue weighted by atomic mass is 16.6. The molecule has 0 unspecified atom stereocenters. The predicted molar refractivity (Wildman–Crippen MR) is 91.9 cm³/mol. The first-order chi connectivity index (χ1) is 11.1. The Hall–Kier alpha value is -2.57. The SMILES string of the molecule is CC(C)NC(=O)CNC(=O)c1cccc(NC(=O)OC(C)(C)C)c1. The number of ether oxygens (including phenoxy) is 1. The summed E-state index contributed by atoms with van der Waals surface area (Å²) >= 11 is 0. The van der Waals surface area contributed by atoms with Gasteiger partial charge < -0.3 is 15.4 Å². The van der Waals surface area contributed by atoms with E-state index < -0.39 is 17.6 Å². The molecule has 0 heterocycles. The number of hydrogen-bond donors (Lipinski definition) is 3. The Kier molecular flexibility index (Phi) is 6.76. The van der Waals surface area contributed by atoms with Crippen LogP contribution in [-0.2, 0) is 9.53 Å². The molecule has 0 radical (unpaired) electrons. The van der Waals surface area contributed by atoms with E-state index in [1.165, 1.54) is 6.07 Å². The topological polar surface area (TPSA) is 96.5 Å². The van der Waals surface area contributed by atoms with Gasteiger partial charge in [-0.2, -0.15) is 0 Å². The van der Waals surface area contributed by atoms with Crippen molar-refractivity contribution in [3.63, 3.8) is 0 Å². The zero-order valence-electron chi connectivity index (χ0n) is 14.7. The van der Waals surface area contributed by atoms with Crippen LogP contribution in [0.4, 0.5) is 10.5 Å². The second-order valence-corrected chi connectivity index (χ2v) is 6.61. The van der Waals surface area contributed by atoms with Gasteiger partial charge in [0.1, 0.15) is 5.60 Å². The van der Waals surface area contributed by atoms with E-state index in [0.717, 1.165) is 0 Å². The number of anilines is 1. The van der Waals surface area contributed by atoms with Gasteiger partial charge in [-0.1, -0.05) is 6.07 Å². The lowest BCUT2D eigenvalue weighted by molar-refractivity contribution is -0.120. The van der Waals surface area contributed by atoms with Gasteiger partial charge >= 0.3 is 6.09 Å². The highest BCUT2D eigenvalue weighted by molar-refractivity contribution is 5.98. The summed E-state index contributed by atoms with van der Waals surface area (Å²) in [5.74, 6) is -0.664. The van der Waals surface area contributed by atoms with Crippen LogP contribution < -0.4 is 16.0 Å². The maximum absolute atomic E-state index is 12.1. The van der Waals surface area contributed by atoms with Crippen molar-refractivity contribution in [2.45, 2.75) is 46.3 Å². The minimum Gasteiger partial charge on any atom is -0.444 e. The summed E-state index contributed by atoms with van der Waals surface area (Å²) in [5, 5.41) is 7.77. The van der Waals surface area contributed by atoms with Crippen LogP contribution >= 0.6 is 0 Å². The van der Waals surface area contributed by atoms with Crippen molar-refractivity contribution in [2.24, 2.45) is 0 Å². The van der Waals surface area contributed by atoms with Crippen LogP contribution in [0.3, 0.4) is 0 Å². The Morgan fingerprint density at radius 1 is 1.17 bits per heavy atom. The molecule has 7 heteroatoms. The second-order valence-electron chi connectivity index (χ2n) is 6.61. The number of rotatable bonds is 5. The summed E-state index contributed by atoms with van der Waals surface area (Å²) < 4.78 is 5.15. The molecule has 3 N–H and O–H groups in total. The molecule has 0 fully saturated rings. The van der Waals surface area contributed by atoms with Crippen LogP contribution in [0.1, 0.15) is 45.0 Å². The fourth-order valence-electron chi connectivity index (χ4n) is 1.80. The molecule has 0 aliphatic heterocycles. The number of carbonyl (C=O) groups excluding carboxylic acids is 3. The monoisotopic (exact) mass is 335 g/mol. The Labute approximate surface area is 142 Å². The lowest BCUT2D eigenvalue weighted by atomic mass is 10.2. The molecule has 0 spiro atoms. The highest BCUT2D eigenvalue weighted by Gasteiger charge is 2.16. The summed E-state index contributed by atoms with van der Waals surface area (Å²) in [6.07, 6.45) is -0.601. The molecule has 3 amide bonds. The van der Waals surface area contributed by atoms with Gasteiger partial charge in [0.25, 0.3) is 5.91 Å². The normalized spacial score (nSPS) is 10.9. The van der Waals surface area contributed by atoms with E-state index in [-0.39, 0.29) is 18.5 Å². The van der Waals surface area contributed by atoms with Gasteiger partial charge in [0, 0.05) is 17.3 Å². The summed E-state index contributed by atoms with van der Waals surface area (Å²) in [5.41, 5.74) is 0.160. The Morgan fingerprint density at radius 2 is 1.83 bits per heavy atom. The molecule has 7 nitrogen and oxygen atoms in total. The van der Waals surface area contributed by atoms with Crippen molar-refractivity contribution in [3.8, 4) is 0 Å². The average Bonchev–Trinajstić information content (AvgIpc) is 2.42. The van der Waals surface area contributed by atoms with E-state index in [0.29, 0.717) is 11.3 Å². The minimum absolute atomic E-state index is 0.00996. The van der Waals surface area contributed by atoms with Crippen molar-refractivity contribution in [2.75, 3.05) is 11.9 Å². The molecule has 1 aromatic carbocycles. The molecule has 0 saturated heterocycles. The molecule has 0 aliphatic carbocycles. The first-order valence-electron chi connectivity index (χ1n) is 7.74. The lowest BCUT2D eigenvalue weighted by Gasteiger charge is -2.19. The van der Waals surface area contributed by atoms with E-state index in [2.05, 4.69) is 16.0 Å². The second kappa shape index (κ2) is 8.33. The molecule has 0 aliphatic rings.